The number of carbonyl (C=O) groups is 1. The molecule has 0 bridgehead atoms. The molecule has 1 aromatic rings. The predicted octanol–water partition coefficient (Wildman–Crippen LogP) is 2.29. The van der Waals surface area contributed by atoms with Crippen LogP contribution in [0.25, 0.3) is 0 Å². The Labute approximate surface area is 106 Å². The highest BCUT2D eigenvalue weighted by atomic mass is 35.5. The molecule has 92 valence electrons. The first kappa shape index (κ1) is 12.6. The summed E-state index contributed by atoms with van der Waals surface area (Å²) in [6.45, 7) is 2.48. The van der Waals surface area contributed by atoms with Crippen molar-refractivity contribution < 1.29 is 9.53 Å². The van der Waals surface area contributed by atoms with Gasteiger partial charge < -0.3 is 10.1 Å². The molecule has 1 fully saturated rings. The van der Waals surface area contributed by atoms with Crippen molar-refractivity contribution >= 4 is 17.4 Å². The first-order valence-corrected chi connectivity index (χ1v) is 6.24. The van der Waals surface area contributed by atoms with Crippen LogP contribution in [0.5, 0.6) is 0 Å². The molecule has 0 saturated carbocycles. The summed E-state index contributed by atoms with van der Waals surface area (Å²) in [6.07, 6.45) is 1.46. The molecule has 1 aliphatic rings. The summed E-state index contributed by atoms with van der Waals surface area (Å²) in [5.41, 5.74) is 0.721. The first-order chi connectivity index (χ1) is 8.25. The second-order valence-corrected chi connectivity index (χ2v) is 4.60. The summed E-state index contributed by atoms with van der Waals surface area (Å²) in [5, 5.41) is 3.91. The van der Waals surface area contributed by atoms with Gasteiger partial charge in [-0.05, 0) is 30.7 Å². The summed E-state index contributed by atoms with van der Waals surface area (Å²) >= 11 is 5.78. The Hall–Kier alpha value is -0.900. The van der Waals surface area contributed by atoms with Crippen LogP contribution in [-0.2, 0) is 4.74 Å². The number of ether oxygens (including phenoxy) is 1. The van der Waals surface area contributed by atoms with Gasteiger partial charge in [0.2, 0.25) is 0 Å². The molecule has 1 unspecified atom stereocenters. The molecule has 4 heteroatoms. The highest BCUT2D eigenvalue weighted by Crippen LogP contribution is 2.13. The van der Waals surface area contributed by atoms with E-state index < -0.39 is 0 Å². The van der Waals surface area contributed by atoms with E-state index in [2.05, 4.69) is 5.32 Å². The first-order valence-electron chi connectivity index (χ1n) is 5.87. The molecule has 1 aliphatic heterocycles. The third kappa shape index (κ3) is 3.80. The van der Waals surface area contributed by atoms with Gasteiger partial charge in [0.25, 0.3) is 0 Å². The second kappa shape index (κ2) is 6.15. The van der Waals surface area contributed by atoms with Crippen LogP contribution in [0.1, 0.15) is 23.2 Å². The molecule has 0 aliphatic carbocycles. The van der Waals surface area contributed by atoms with Crippen LogP contribution in [0.15, 0.2) is 24.3 Å². The molecule has 1 saturated heterocycles. The SMILES string of the molecule is O=C(CCC1CNCCO1)c1ccc(Cl)cc1. The number of nitrogens with one attached hydrogen (secondary N) is 1. The van der Waals surface area contributed by atoms with E-state index in [-0.39, 0.29) is 11.9 Å². The van der Waals surface area contributed by atoms with Crippen LogP contribution in [0, 0.1) is 0 Å². The van der Waals surface area contributed by atoms with Crippen LogP contribution in [0.4, 0.5) is 0 Å². The van der Waals surface area contributed by atoms with E-state index in [9.17, 15) is 4.79 Å². The Kier molecular flexibility index (Phi) is 4.54. The van der Waals surface area contributed by atoms with Gasteiger partial charge in [-0.15, -0.1) is 0 Å². The molecule has 0 amide bonds. The molecule has 1 N–H and O–H groups in total. The van der Waals surface area contributed by atoms with Crippen LogP contribution in [0.2, 0.25) is 5.02 Å². The molecule has 1 atom stereocenters. The Morgan fingerprint density at radius 1 is 1.41 bits per heavy atom. The standard InChI is InChI=1S/C13H16ClNO2/c14-11-3-1-10(2-4-11)13(16)6-5-12-9-15-7-8-17-12/h1-4,12,15H,5-9H2. The number of ketones is 1. The lowest BCUT2D eigenvalue weighted by molar-refractivity contribution is 0.0224. The summed E-state index contributed by atoms with van der Waals surface area (Å²) in [6, 6.07) is 7.02. The third-order valence-electron chi connectivity index (χ3n) is 2.86. The molecular formula is C13H16ClNO2. The number of hydrogen-bond acceptors (Lipinski definition) is 3. The Bertz CT molecular complexity index is 372. The number of hydrogen-bond donors (Lipinski definition) is 1. The fourth-order valence-electron chi connectivity index (χ4n) is 1.88. The van der Waals surface area contributed by atoms with Gasteiger partial charge in [-0.1, -0.05) is 11.6 Å². The molecular weight excluding hydrogens is 238 g/mol. The molecule has 1 aromatic carbocycles. The zero-order chi connectivity index (χ0) is 12.1. The number of Topliss-reactive ketones (excluding diaryl/α,β-unsaturated/α-hetero) is 1. The average molecular weight is 254 g/mol. The summed E-state index contributed by atoms with van der Waals surface area (Å²) < 4.78 is 5.55. The van der Waals surface area contributed by atoms with Gasteiger partial charge in [0, 0.05) is 30.1 Å². The highest BCUT2D eigenvalue weighted by Gasteiger charge is 2.15. The zero-order valence-corrected chi connectivity index (χ0v) is 10.4. The van der Waals surface area contributed by atoms with E-state index in [0.717, 1.165) is 31.7 Å². The van der Waals surface area contributed by atoms with Gasteiger partial charge in [-0.25, -0.2) is 0 Å². The van der Waals surface area contributed by atoms with Gasteiger partial charge in [-0.3, -0.25) is 4.79 Å². The number of carbonyl (C=O) groups excluding carboxylic acids is 1. The molecule has 0 spiro atoms. The van der Waals surface area contributed by atoms with Crippen LogP contribution in [-0.4, -0.2) is 31.6 Å². The number of halogens is 1. The minimum absolute atomic E-state index is 0.149. The van der Waals surface area contributed by atoms with Crippen molar-refractivity contribution in [1.29, 1.82) is 0 Å². The number of benzene rings is 1. The van der Waals surface area contributed by atoms with Crippen LogP contribution >= 0.6 is 11.6 Å². The van der Waals surface area contributed by atoms with Crippen molar-refractivity contribution in [1.82, 2.24) is 5.32 Å². The Morgan fingerprint density at radius 2 is 2.18 bits per heavy atom. The summed E-state index contributed by atoms with van der Waals surface area (Å²) in [7, 11) is 0. The lowest BCUT2D eigenvalue weighted by atomic mass is 10.0. The minimum Gasteiger partial charge on any atom is -0.376 e. The van der Waals surface area contributed by atoms with E-state index in [0.29, 0.717) is 11.4 Å². The maximum absolute atomic E-state index is 11.9. The van der Waals surface area contributed by atoms with Crippen molar-refractivity contribution in [2.24, 2.45) is 0 Å². The maximum Gasteiger partial charge on any atom is 0.162 e. The highest BCUT2D eigenvalue weighted by molar-refractivity contribution is 6.30. The Balaban J connectivity index is 1.82. The number of morpholine rings is 1. The van der Waals surface area contributed by atoms with E-state index in [1.807, 2.05) is 0 Å². The number of rotatable bonds is 4. The van der Waals surface area contributed by atoms with Gasteiger partial charge in [0.05, 0.1) is 12.7 Å². The summed E-state index contributed by atoms with van der Waals surface area (Å²) in [4.78, 5) is 11.9. The topological polar surface area (TPSA) is 38.3 Å². The van der Waals surface area contributed by atoms with Crippen LogP contribution in [0.3, 0.4) is 0 Å². The minimum atomic E-state index is 0.149. The lowest BCUT2D eigenvalue weighted by Gasteiger charge is -2.23. The van der Waals surface area contributed by atoms with Crippen molar-refractivity contribution in [3.05, 3.63) is 34.9 Å². The zero-order valence-electron chi connectivity index (χ0n) is 9.62. The normalized spacial score (nSPS) is 20.2. The molecule has 17 heavy (non-hydrogen) atoms. The second-order valence-electron chi connectivity index (χ2n) is 4.17. The maximum atomic E-state index is 11.9. The molecule has 0 aromatic heterocycles. The van der Waals surface area contributed by atoms with Crippen molar-refractivity contribution in [3.63, 3.8) is 0 Å². The molecule has 2 rings (SSSR count). The lowest BCUT2D eigenvalue weighted by Crippen LogP contribution is -2.38. The van der Waals surface area contributed by atoms with Gasteiger partial charge in [-0.2, -0.15) is 0 Å². The molecule has 0 radical (unpaired) electrons. The molecule has 3 nitrogen and oxygen atoms in total. The fourth-order valence-corrected chi connectivity index (χ4v) is 2.00. The molecule has 1 heterocycles. The fraction of sp³-hybridized carbons (Fsp3) is 0.462. The van der Waals surface area contributed by atoms with Crippen molar-refractivity contribution in [2.75, 3.05) is 19.7 Å². The monoisotopic (exact) mass is 253 g/mol. The van der Waals surface area contributed by atoms with Gasteiger partial charge in [0.1, 0.15) is 0 Å². The quantitative estimate of drug-likeness (QED) is 0.837. The van der Waals surface area contributed by atoms with E-state index in [1.165, 1.54) is 0 Å². The predicted molar refractivity (Wildman–Crippen MR) is 67.6 cm³/mol. The largest absolute Gasteiger partial charge is 0.376 e. The smallest absolute Gasteiger partial charge is 0.162 e. The van der Waals surface area contributed by atoms with E-state index >= 15 is 0 Å². The van der Waals surface area contributed by atoms with Crippen molar-refractivity contribution in [2.45, 2.75) is 18.9 Å². The van der Waals surface area contributed by atoms with Gasteiger partial charge >= 0.3 is 0 Å². The van der Waals surface area contributed by atoms with Crippen LogP contribution < -0.4 is 5.32 Å². The van der Waals surface area contributed by atoms with Gasteiger partial charge in [0.15, 0.2) is 5.78 Å². The van der Waals surface area contributed by atoms with Crippen molar-refractivity contribution in [3.8, 4) is 0 Å². The Morgan fingerprint density at radius 3 is 2.82 bits per heavy atom. The van der Waals surface area contributed by atoms with E-state index in [1.54, 1.807) is 24.3 Å². The third-order valence-corrected chi connectivity index (χ3v) is 3.12. The summed E-state index contributed by atoms with van der Waals surface area (Å²) in [5.74, 6) is 0.149. The van der Waals surface area contributed by atoms with E-state index in [4.69, 9.17) is 16.3 Å². The average Bonchev–Trinajstić information content (AvgIpc) is 2.38.